The van der Waals surface area contributed by atoms with Gasteiger partial charge in [0.1, 0.15) is 4.99 Å². The van der Waals surface area contributed by atoms with E-state index in [1.165, 1.54) is 11.3 Å². The molecule has 0 bridgehead atoms. The average molecular weight is 336 g/mol. The second kappa shape index (κ2) is 6.21. The quantitative estimate of drug-likeness (QED) is 0.663. The Balaban J connectivity index is 1.84. The molecule has 2 aromatic rings. The molecular formula is C20H20N2OS. The molecule has 3 nitrogen and oxygen atoms in total. The minimum atomic E-state index is -0.187. The lowest BCUT2D eigenvalue weighted by atomic mass is 9.84. The number of likely N-dealkylation sites (N-methyl/N-ethyl adjacent to an activating group) is 1. The van der Waals surface area contributed by atoms with Gasteiger partial charge in [-0.15, -0.1) is 0 Å². The van der Waals surface area contributed by atoms with E-state index < -0.39 is 0 Å². The van der Waals surface area contributed by atoms with Crippen LogP contribution in [0.5, 0.6) is 0 Å². The summed E-state index contributed by atoms with van der Waals surface area (Å²) in [5, 5.41) is 2.80. The summed E-state index contributed by atoms with van der Waals surface area (Å²) in [6, 6.07) is 17.4. The Morgan fingerprint density at radius 1 is 1.08 bits per heavy atom. The van der Waals surface area contributed by atoms with Crippen molar-refractivity contribution in [3.63, 3.8) is 0 Å². The molecule has 24 heavy (non-hydrogen) atoms. The molecule has 0 atom stereocenters. The minimum absolute atomic E-state index is 0.160. The molecule has 1 amide bonds. The number of thiocarbonyl (C=S) groups is 1. The van der Waals surface area contributed by atoms with E-state index in [1.54, 1.807) is 12.1 Å². The Morgan fingerprint density at radius 3 is 2.38 bits per heavy atom. The number of anilines is 1. The number of carbonyl (C=O) groups excluding carboxylic acids is 1. The molecule has 0 saturated heterocycles. The molecule has 1 aliphatic rings. The standard InChI is InChI=1S/C20H20N2OS/c1-20(2)15-11-7-8-12-16(15)22(3)17(20)13-18(24)21-19(23)14-9-5-4-6-10-14/h4-13H,1-3H3,(H,21,23,24). The average Bonchev–Trinajstić information content (AvgIpc) is 2.77. The number of allylic oxidation sites excluding steroid dienone is 1. The number of hydrogen-bond acceptors (Lipinski definition) is 3. The van der Waals surface area contributed by atoms with E-state index in [-0.39, 0.29) is 11.3 Å². The molecule has 0 saturated carbocycles. The molecule has 0 spiro atoms. The van der Waals surface area contributed by atoms with E-state index in [9.17, 15) is 4.79 Å². The number of para-hydroxylation sites is 1. The first kappa shape index (κ1) is 16.4. The number of benzene rings is 2. The Hall–Kier alpha value is -2.46. The van der Waals surface area contributed by atoms with E-state index in [0.717, 1.165) is 5.70 Å². The summed E-state index contributed by atoms with van der Waals surface area (Å²) < 4.78 is 0. The molecule has 0 fully saturated rings. The fourth-order valence-electron chi connectivity index (χ4n) is 3.19. The van der Waals surface area contributed by atoms with E-state index >= 15 is 0 Å². The van der Waals surface area contributed by atoms with Gasteiger partial charge in [-0.1, -0.05) is 62.5 Å². The first-order valence-corrected chi connectivity index (χ1v) is 8.28. The minimum Gasteiger partial charge on any atom is -0.347 e. The highest BCUT2D eigenvalue weighted by Crippen LogP contribution is 2.46. The van der Waals surface area contributed by atoms with Crippen molar-refractivity contribution < 1.29 is 4.79 Å². The SMILES string of the molecule is CN1C(=CC(=S)NC(=O)c2ccccc2)C(C)(C)c2ccccc21. The number of carbonyl (C=O) groups is 1. The fourth-order valence-corrected chi connectivity index (χ4v) is 3.40. The van der Waals surface area contributed by atoms with Gasteiger partial charge in [-0.2, -0.15) is 0 Å². The topological polar surface area (TPSA) is 32.3 Å². The lowest BCUT2D eigenvalue weighted by Crippen LogP contribution is -2.31. The van der Waals surface area contributed by atoms with Crippen LogP contribution in [0.1, 0.15) is 29.8 Å². The summed E-state index contributed by atoms with van der Waals surface area (Å²) in [5.74, 6) is -0.187. The van der Waals surface area contributed by atoms with Crippen molar-refractivity contribution >= 4 is 28.8 Å². The van der Waals surface area contributed by atoms with Gasteiger partial charge < -0.3 is 10.2 Å². The van der Waals surface area contributed by atoms with E-state index in [2.05, 4.69) is 36.2 Å². The van der Waals surface area contributed by atoms with Crippen LogP contribution in [0.2, 0.25) is 0 Å². The van der Waals surface area contributed by atoms with Gasteiger partial charge in [0.15, 0.2) is 0 Å². The summed E-state index contributed by atoms with van der Waals surface area (Å²) >= 11 is 5.40. The van der Waals surface area contributed by atoms with Gasteiger partial charge in [-0.05, 0) is 29.8 Å². The molecule has 1 heterocycles. The Kier molecular flexibility index (Phi) is 4.24. The largest absolute Gasteiger partial charge is 0.347 e. The van der Waals surface area contributed by atoms with Crippen LogP contribution in [0.15, 0.2) is 66.4 Å². The molecule has 4 heteroatoms. The third kappa shape index (κ3) is 2.85. The number of amides is 1. The van der Waals surface area contributed by atoms with Gasteiger partial charge in [0, 0.05) is 29.4 Å². The van der Waals surface area contributed by atoms with E-state index in [0.29, 0.717) is 10.6 Å². The Morgan fingerprint density at radius 2 is 1.71 bits per heavy atom. The van der Waals surface area contributed by atoms with Crippen molar-refractivity contribution in [2.75, 3.05) is 11.9 Å². The number of rotatable bonds is 2. The van der Waals surface area contributed by atoms with Crippen LogP contribution in [0.3, 0.4) is 0 Å². The molecule has 0 aliphatic carbocycles. The summed E-state index contributed by atoms with van der Waals surface area (Å²) in [6.45, 7) is 4.34. The van der Waals surface area contributed by atoms with Gasteiger partial charge in [0.05, 0.1) is 0 Å². The molecular weight excluding hydrogens is 316 g/mol. The first-order chi connectivity index (χ1) is 11.4. The maximum absolute atomic E-state index is 12.2. The number of nitrogens with one attached hydrogen (secondary N) is 1. The fraction of sp³-hybridized carbons (Fsp3) is 0.200. The third-order valence-corrected chi connectivity index (χ3v) is 4.70. The highest BCUT2D eigenvalue weighted by Gasteiger charge is 2.38. The van der Waals surface area contributed by atoms with Gasteiger partial charge in [0.25, 0.3) is 5.91 Å². The first-order valence-electron chi connectivity index (χ1n) is 7.87. The van der Waals surface area contributed by atoms with Gasteiger partial charge in [0.2, 0.25) is 0 Å². The van der Waals surface area contributed by atoms with Crippen LogP contribution in [0.25, 0.3) is 0 Å². The van der Waals surface area contributed by atoms with Crippen molar-refractivity contribution in [3.05, 3.63) is 77.5 Å². The summed E-state index contributed by atoms with van der Waals surface area (Å²) in [7, 11) is 2.03. The lowest BCUT2D eigenvalue weighted by molar-refractivity contribution is 0.0978. The van der Waals surface area contributed by atoms with Gasteiger partial charge >= 0.3 is 0 Å². The second-order valence-electron chi connectivity index (χ2n) is 6.42. The van der Waals surface area contributed by atoms with Crippen LogP contribution < -0.4 is 10.2 Å². The Bertz CT molecular complexity index is 825. The highest BCUT2D eigenvalue weighted by atomic mass is 32.1. The molecule has 0 aromatic heterocycles. The molecule has 1 aliphatic heterocycles. The summed E-state index contributed by atoms with van der Waals surface area (Å²) in [4.78, 5) is 14.8. The molecule has 122 valence electrons. The normalized spacial score (nSPS) is 16.8. The monoisotopic (exact) mass is 336 g/mol. The van der Waals surface area contributed by atoms with Crippen LogP contribution in [-0.2, 0) is 5.41 Å². The van der Waals surface area contributed by atoms with Gasteiger partial charge in [-0.25, -0.2) is 0 Å². The molecule has 0 unspecified atom stereocenters. The molecule has 0 radical (unpaired) electrons. The smallest absolute Gasteiger partial charge is 0.256 e. The molecule has 1 N–H and O–H groups in total. The summed E-state index contributed by atoms with van der Waals surface area (Å²) in [5.41, 5.74) is 3.94. The van der Waals surface area contributed by atoms with Crippen LogP contribution >= 0.6 is 12.2 Å². The summed E-state index contributed by atoms with van der Waals surface area (Å²) in [6.07, 6.45) is 1.89. The van der Waals surface area contributed by atoms with Crippen molar-refractivity contribution in [2.24, 2.45) is 0 Å². The zero-order valence-corrected chi connectivity index (χ0v) is 14.9. The zero-order valence-electron chi connectivity index (χ0n) is 14.0. The number of nitrogens with zero attached hydrogens (tertiary/aromatic N) is 1. The van der Waals surface area contributed by atoms with Crippen molar-refractivity contribution in [1.82, 2.24) is 5.32 Å². The van der Waals surface area contributed by atoms with E-state index in [1.807, 2.05) is 43.5 Å². The second-order valence-corrected chi connectivity index (χ2v) is 6.85. The molecule has 3 rings (SSSR count). The third-order valence-electron chi connectivity index (χ3n) is 4.48. The van der Waals surface area contributed by atoms with Gasteiger partial charge in [-0.3, -0.25) is 4.79 Å². The number of fused-ring (bicyclic) bond motifs is 1. The van der Waals surface area contributed by atoms with Crippen molar-refractivity contribution in [3.8, 4) is 0 Å². The Labute approximate surface area is 148 Å². The predicted octanol–water partition coefficient (Wildman–Crippen LogP) is 4.06. The van der Waals surface area contributed by atoms with Crippen LogP contribution in [0.4, 0.5) is 5.69 Å². The predicted molar refractivity (Wildman–Crippen MR) is 102 cm³/mol. The zero-order chi connectivity index (χ0) is 17.3. The number of hydrogen-bond donors (Lipinski definition) is 1. The maximum atomic E-state index is 12.2. The van der Waals surface area contributed by atoms with Crippen molar-refractivity contribution in [2.45, 2.75) is 19.3 Å². The van der Waals surface area contributed by atoms with Crippen molar-refractivity contribution in [1.29, 1.82) is 0 Å². The van der Waals surface area contributed by atoms with Crippen LogP contribution in [-0.4, -0.2) is 17.9 Å². The highest BCUT2D eigenvalue weighted by molar-refractivity contribution is 7.80. The molecule has 2 aromatic carbocycles. The lowest BCUT2D eigenvalue weighted by Gasteiger charge is -2.24. The maximum Gasteiger partial charge on any atom is 0.256 e. The van der Waals surface area contributed by atoms with Crippen LogP contribution in [0, 0.1) is 0 Å². The van der Waals surface area contributed by atoms with E-state index in [4.69, 9.17) is 12.2 Å².